The van der Waals surface area contributed by atoms with Crippen molar-refractivity contribution in [2.75, 3.05) is 27.2 Å². The SMILES string of the molecule is CN(C)CCCNC(=O)c1ccc2c(c1)n(C)c(=O)n2C. The van der Waals surface area contributed by atoms with Crippen LogP contribution in [0.2, 0.25) is 0 Å². The zero-order chi connectivity index (χ0) is 15.6. The van der Waals surface area contributed by atoms with Crippen LogP contribution < -0.4 is 11.0 Å². The van der Waals surface area contributed by atoms with E-state index in [2.05, 4.69) is 10.2 Å². The van der Waals surface area contributed by atoms with Crippen molar-refractivity contribution in [2.45, 2.75) is 6.42 Å². The average Bonchev–Trinajstić information content (AvgIpc) is 2.68. The Hall–Kier alpha value is -2.08. The number of hydrogen-bond donors (Lipinski definition) is 1. The molecule has 0 atom stereocenters. The van der Waals surface area contributed by atoms with Crippen LogP contribution in [0, 0.1) is 0 Å². The summed E-state index contributed by atoms with van der Waals surface area (Å²) >= 11 is 0. The number of nitrogens with one attached hydrogen (secondary N) is 1. The van der Waals surface area contributed by atoms with E-state index in [-0.39, 0.29) is 11.6 Å². The maximum Gasteiger partial charge on any atom is 0.328 e. The summed E-state index contributed by atoms with van der Waals surface area (Å²) in [5.74, 6) is -0.105. The molecule has 6 nitrogen and oxygen atoms in total. The molecule has 2 rings (SSSR count). The second-order valence-corrected chi connectivity index (χ2v) is 5.52. The van der Waals surface area contributed by atoms with Gasteiger partial charge in [0.05, 0.1) is 11.0 Å². The Morgan fingerprint density at radius 3 is 2.52 bits per heavy atom. The smallest absolute Gasteiger partial charge is 0.328 e. The molecule has 1 heterocycles. The van der Waals surface area contributed by atoms with E-state index in [0.29, 0.717) is 12.1 Å². The fourth-order valence-electron chi connectivity index (χ4n) is 2.35. The van der Waals surface area contributed by atoms with Crippen molar-refractivity contribution >= 4 is 16.9 Å². The number of amides is 1. The van der Waals surface area contributed by atoms with Crippen molar-refractivity contribution in [1.29, 1.82) is 0 Å². The quantitative estimate of drug-likeness (QED) is 0.819. The van der Waals surface area contributed by atoms with Crippen LogP contribution in [0.15, 0.2) is 23.0 Å². The van der Waals surface area contributed by atoms with E-state index >= 15 is 0 Å². The van der Waals surface area contributed by atoms with Crippen molar-refractivity contribution in [1.82, 2.24) is 19.4 Å². The van der Waals surface area contributed by atoms with E-state index < -0.39 is 0 Å². The molecule has 0 spiro atoms. The second kappa shape index (κ2) is 6.13. The molecule has 0 saturated heterocycles. The third-order valence-corrected chi connectivity index (χ3v) is 3.60. The standard InChI is InChI=1S/C15H22N4O2/c1-17(2)9-5-8-16-14(20)11-6-7-12-13(10-11)19(4)15(21)18(12)3/h6-7,10H,5,8-9H2,1-4H3,(H,16,20). The predicted octanol–water partition coefficient (Wildman–Crippen LogP) is 0.558. The van der Waals surface area contributed by atoms with E-state index in [0.717, 1.165) is 24.0 Å². The van der Waals surface area contributed by atoms with Gasteiger partial charge >= 0.3 is 5.69 Å². The van der Waals surface area contributed by atoms with Crippen LogP contribution in [0.25, 0.3) is 11.0 Å². The largest absolute Gasteiger partial charge is 0.352 e. The molecule has 0 saturated carbocycles. The number of rotatable bonds is 5. The Morgan fingerprint density at radius 1 is 1.19 bits per heavy atom. The van der Waals surface area contributed by atoms with Gasteiger partial charge in [0.15, 0.2) is 0 Å². The highest BCUT2D eigenvalue weighted by Crippen LogP contribution is 2.13. The van der Waals surface area contributed by atoms with Crippen LogP contribution in [-0.4, -0.2) is 47.1 Å². The number of aryl methyl sites for hydroxylation is 2. The van der Waals surface area contributed by atoms with Crippen LogP contribution >= 0.6 is 0 Å². The second-order valence-electron chi connectivity index (χ2n) is 5.52. The molecule has 1 amide bonds. The summed E-state index contributed by atoms with van der Waals surface area (Å²) in [7, 11) is 7.45. The Bertz CT molecular complexity index is 712. The third-order valence-electron chi connectivity index (χ3n) is 3.60. The van der Waals surface area contributed by atoms with Crippen molar-refractivity contribution in [3.8, 4) is 0 Å². The summed E-state index contributed by atoms with van der Waals surface area (Å²) in [6.07, 6.45) is 0.908. The molecule has 2 aromatic rings. The lowest BCUT2D eigenvalue weighted by atomic mass is 10.2. The number of nitrogens with zero attached hydrogens (tertiary/aromatic N) is 3. The molecule has 114 valence electrons. The molecular formula is C15H22N4O2. The summed E-state index contributed by atoms with van der Waals surface area (Å²) in [5, 5.41) is 2.90. The number of aromatic nitrogens is 2. The van der Waals surface area contributed by atoms with E-state index in [1.54, 1.807) is 35.4 Å². The molecule has 1 N–H and O–H groups in total. The maximum atomic E-state index is 12.1. The zero-order valence-corrected chi connectivity index (χ0v) is 13.0. The molecular weight excluding hydrogens is 268 g/mol. The highest BCUT2D eigenvalue weighted by Gasteiger charge is 2.11. The first-order valence-corrected chi connectivity index (χ1v) is 7.00. The van der Waals surface area contributed by atoms with Crippen LogP contribution in [0.4, 0.5) is 0 Å². The van der Waals surface area contributed by atoms with Gasteiger partial charge in [0.25, 0.3) is 5.91 Å². The minimum atomic E-state index is -0.105. The molecule has 0 aliphatic heterocycles. The van der Waals surface area contributed by atoms with Crippen molar-refractivity contribution < 1.29 is 4.79 Å². The number of hydrogen-bond acceptors (Lipinski definition) is 3. The lowest BCUT2D eigenvalue weighted by molar-refractivity contribution is 0.0952. The zero-order valence-electron chi connectivity index (χ0n) is 13.0. The predicted molar refractivity (Wildman–Crippen MR) is 83.7 cm³/mol. The first-order chi connectivity index (χ1) is 9.91. The van der Waals surface area contributed by atoms with Gasteiger partial charge < -0.3 is 10.2 Å². The molecule has 0 aliphatic rings. The van der Waals surface area contributed by atoms with Crippen LogP contribution in [0.1, 0.15) is 16.8 Å². The summed E-state index contributed by atoms with van der Waals surface area (Å²) in [5.41, 5.74) is 2.08. The number of carbonyl (C=O) groups is 1. The Labute approximate surface area is 124 Å². The molecule has 1 aromatic heterocycles. The van der Waals surface area contributed by atoms with Gasteiger partial charge in [-0.15, -0.1) is 0 Å². The number of imidazole rings is 1. The molecule has 0 radical (unpaired) electrons. The Morgan fingerprint density at radius 2 is 1.86 bits per heavy atom. The fraction of sp³-hybridized carbons (Fsp3) is 0.467. The van der Waals surface area contributed by atoms with Crippen molar-refractivity contribution in [3.63, 3.8) is 0 Å². The van der Waals surface area contributed by atoms with E-state index in [1.807, 2.05) is 20.2 Å². The summed E-state index contributed by atoms with van der Waals surface area (Å²) in [6, 6.07) is 5.33. The molecule has 21 heavy (non-hydrogen) atoms. The van der Waals surface area contributed by atoms with Crippen LogP contribution in [-0.2, 0) is 14.1 Å². The minimum absolute atomic E-state index is 0.0893. The lowest BCUT2D eigenvalue weighted by Crippen LogP contribution is -2.27. The van der Waals surface area contributed by atoms with Gasteiger partial charge in [0.1, 0.15) is 0 Å². The van der Waals surface area contributed by atoms with Gasteiger partial charge in [-0.1, -0.05) is 0 Å². The minimum Gasteiger partial charge on any atom is -0.352 e. The Balaban J connectivity index is 2.14. The van der Waals surface area contributed by atoms with Crippen molar-refractivity contribution in [2.24, 2.45) is 14.1 Å². The molecule has 0 unspecified atom stereocenters. The molecule has 6 heteroatoms. The average molecular weight is 290 g/mol. The highest BCUT2D eigenvalue weighted by molar-refractivity contribution is 5.97. The van der Waals surface area contributed by atoms with Gasteiger partial charge in [-0.25, -0.2) is 4.79 Å². The number of carbonyl (C=O) groups excluding carboxylic acids is 1. The van der Waals surface area contributed by atoms with Gasteiger partial charge in [-0.2, -0.15) is 0 Å². The van der Waals surface area contributed by atoms with Crippen LogP contribution in [0.5, 0.6) is 0 Å². The molecule has 0 bridgehead atoms. The lowest BCUT2D eigenvalue weighted by Gasteiger charge is -2.10. The third kappa shape index (κ3) is 3.16. The van der Waals surface area contributed by atoms with Crippen molar-refractivity contribution in [3.05, 3.63) is 34.2 Å². The van der Waals surface area contributed by atoms with E-state index in [4.69, 9.17) is 0 Å². The summed E-state index contributed by atoms with van der Waals surface area (Å²) in [6.45, 7) is 1.58. The van der Waals surface area contributed by atoms with Crippen LogP contribution in [0.3, 0.4) is 0 Å². The van der Waals surface area contributed by atoms with Gasteiger partial charge in [0, 0.05) is 26.2 Å². The van der Waals surface area contributed by atoms with Gasteiger partial charge in [0.2, 0.25) is 0 Å². The van der Waals surface area contributed by atoms with Gasteiger partial charge in [-0.05, 0) is 45.3 Å². The first-order valence-electron chi connectivity index (χ1n) is 7.00. The maximum absolute atomic E-state index is 12.1. The van der Waals surface area contributed by atoms with E-state index in [1.165, 1.54) is 0 Å². The molecule has 1 aromatic carbocycles. The van der Waals surface area contributed by atoms with E-state index in [9.17, 15) is 9.59 Å². The molecule has 0 fully saturated rings. The highest BCUT2D eigenvalue weighted by atomic mass is 16.2. The number of fused-ring (bicyclic) bond motifs is 1. The van der Waals surface area contributed by atoms with Gasteiger partial charge in [-0.3, -0.25) is 13.9 Å². The Kier molecular flexibility index (Phi) is 4.47. The topological polar surface area (TPSA) is 59.3 Å². The first kappa shape index (κ1) is 15.3. The fourth-order valence-corrected chi connectivity index (χ4v) is 2.35. The number of benzene rings is 1. The normalized spacial score (nSPS) is 11.3. The molecule has 0 aliphatic carbocycles. The monoisotopic (exact) mass is 290 g/mol. The summed E-state index contributed by atoms with van der Waals surface area (Å²) in [4.78, 5) is 26.1. The summed E-state index contributed by atoms with van der Waals surface area (Å²) < 4.78 is 3.13.